The van der Waals surface area contributed by atoms with Crippen LogP contribution >= 0.6 is 0 Å². The molecule has 4 rings (SSSR count). The molecule has 0 spiro atoms. The largest absolute Gasteiger partial charge is 0.497 e. The lowest BCUT2D eigenvalue weighted by Gasteiger charge is -2.30. The average molecular weight is 377 g/mol. The lowest BCUT2D eigenvalue weighted by atomic mass is 9.99. The lowest BCUT2D eigenvalue weighted by molar-refractivity contribution is 0.199. The highest BCUT2D eigenvalue weighted by atomic mass is 16.5. The molecule has 5 nitrogen and oxygen atoms in total. The van der Waals surface area contributed by atoms with Gasteiger partial charge in [-0.05, 0) is 68.2 Å². The highest BCUT2D eigenvalue weighted by molar-refractivity contribution is 5.90. The first-order valence-corrected chi connectivity index (χ1v) is 10.1. The van der Waals surface area contributed by atoms with E-state index in [1.165, 1.54) is 25.9 Å². The number of aromatic nitrogens is 2. The number of piperidine rings is 1. The summed E-state index contributed by atoms with van der Waals surface area (Å²) in [5.41, 5.74) is 1.94. The monoisotopic (exact) mass is 376 g/mol. The zero-order valence-electron chi connectivity index (χ0n) is 16.7. The third-order valence-electron chi connectivity index (χ3n) is 5.55. The molecule has 0 bridgehead atoms. The van der Waals surface area contributed by atoms with Gasteiger partial charge in [-0.15, -0.1) is 0 Å². The predicted molar refractivity (Wildman–Crippen MR) is 115 cm³/mol. The summed E-state index contributed by atoms with van der Waals surface area (Å²) < 4.78 is 5.26. The zero-order valence-corrected chi connectivity index (χ0v) is 16.7. The van der Waals surface area contributed by atoms with Gasteiger partial charge in [0.15, 0.2) is 5.82 Å². The molecule has 1 aliphatic rings. The van der Waals surface area contributed by atoms with E-state index in [0.29, 0.717) is 0 Å². The number of ether oxygens (including phenoxy) is 1. The fraction of sp³-hybridized carbons (Fsp3) is 0.391. The number of nitrogens with zero attached hydrogens (tertiary/aromatic N) is 3. The van der Waals surface area contributed by atoms with E-state index in [1.807, 2.05) is 42.5 Å². The molecule has 1 N–H and O–H groups in total. The van der Waals surface area contributed by atoms with Crippen LogP contribution in [-0.2, 0) is 0 Å². The highest BCUT2D eigenvalue weighted by Gasteiger charge is 2.15. The summed E-state index contributed by atoms with van der Waals surface area (Å²) in [7, 11) is 1.67. The van der Waals surface area contributed by atoms with E-state index < -0.39 is 0 Å². The van der Waals surface area contributed by atoms with Crippen LogP contribution in [-0.4, -0.2) is 48.2 Å². The van der Waals surface area contributed by atoms with Crippen LogP contribution in [0.15, 0.2) is 48.5 Å². The van der Waals surface area contributed by atoms with Crippen LogP contribution in [0.5, 0.6) is 5.75 Å². The average Bonchev–Trinajstić information content (AvgIpc) is 2.75. The summed E-state index contributed by atoms with van der Waals surface area (Å²) in [5, 5.41) is 4.62. The van der Waals surface area contributed by atoms with Crippen molar-refractivity contribution in [1.29, 1.82) is 0 Å². The van der Waals surface area contributed by atoms with Crippen molar-refractivity contribution in [3.8, 4) is 17.1 Å². The van der Waals surface area contributed by atoms with Crippen LogP contribution < -0.4 is 10.1 Å². The van der Waals surface area contributed by atoms with E-state index in [4.69, 9.17) is 14.7 Å². The quantitative estimate of drug-likeness (QED) is 0.689. The van der Waals surface area contributed by atoms with E-state index in [2.05, 4.69) is 23.2 Å². The molecule has 1 aromatic heterocycles. The van der Waals surface area contributed by atoms with E-state index in [0.717, 1.165) is 52.9 Å². The summed E-state index contributed by atoms with van der Waals surface area (Å²) >= 11 is 0. The minimum absolute atomic E-state index is 0.732. The lowest BCUT2D eigenvalue weighted by Crippen LogP contribution is -2.36. The van der Waals surface area contributed by atoms with E-state index in [9.17, 15) is 0 Å². The summed E-state index contributed by atoms with van der Waals surface area (Å²) in [6, 6.07) is 16.1. The first-order chi connectivity index (χ1) is 13.7. The molecule has 2 heterocycles. The summed E-state index contributed by atoms with van der Waals surface area (Å²) in [4.78, 5) is 12.1. The number of likely N-dealkylation sites (tertiary alicyclic amines) is 1. The number of hydrogen-bond acceptors (Lipinski definition) is 5. The van der Waals surface area contributed by atoms with Gasteiger partial charge in [0.1, 0.15) is 11.6 Å². The van der Waals surface area contributed by atoms with Crippen molar-refractivity contribution in [2.45, 2.75) is 19.8 Å². The van der Waals surface area contributed by atoms with Crippen molar-refractivity contribution in [2.75, 3.05) is 38.6 Å². The van der Waals surface area contributed by atoms with Crippen LogP contribution in [0.1, 0.15) is 19.8 Å². The van der Waals surface area contributed by atoms with Crippen LogP contribution in [0, 0.1) is 5.92 Å². The Bertz CT molecular complexity index is 918. The van der Waals surface area contributed by atoms with E-state index in [-0.39, 0.29) is 0 Å². The minimum Gasteiger partial charge on any atom is -0.497 e. The summed E-state index contributed by atoms with van der Waals surface area (Å²) in [5.74, 6) is 3.33. The van der Waals surface area contributed by atoms with Gasteiger partial charge in [-0.2, -0.15) is 0 Å². The van der Waals surface area contributed by atoms with Crippen molar-refractivity contribution >= 4 is 16.7 Å². The maximum Gasteiger partial charge on any atom is 0.162 e. The Kier molecular flexibility index (Phi) is 5.72. The second kappa shape index (κ2) is 8.57. The molecular formula is C23H28N4O. The molecule has 0 saturated carbocycles. The van der Waals surface area contributed by atoms with Gasteiger partial charge in [-0.3, -0.25) is 0 Å². The number of nitrogens with one attached hydrogen (secondary N) is 1. The van der Waals surface area contributed by atoms with Gasteiger partial charge in [-0.1, -0.05) is 19.1 Å². The van der Waals surface area contributed by atoms with Crippen molar-refractivity contribution < 1.29 is 4.74 Å². The first-order valence-electron chi connectivity index (χ1n) is 10.1. The Morgan fingerprint density at radius 3 is 2.54 bits per heavy atom. The summed E-state index contributed by atoms with van der Waals surface area (Å²) in [6.07, 6.45) is 2.61. The molecule has 2 aromatic carbocycles. The molecule has 3 aromatic rings. The molecule has 0 radical (unpaired) electrons. The molecule has 0 aliphatic carbocycles. The Morgan fingerprint density at radius 1 is 1.04 bits per heavy atom. The Balaban J connectivity index is 1.54. The molecule has 0 unspecified atom stereocenters. The molecule has 1 aliphatic heterocycles. The molecule has 146 valence electrons. The van der Waals surface area contributed by atoms with E-state index in [1.54, 1.807) is 7.11 Å². The van der Waals surface area contributed by atoms with Gasteiger partial charge in [0, 0.05) is 24.0 Å². The number of fused-ring (bicyclic) bond motifs is 1. The maximum absolute atomic E-state index is 5.26. The topological polar surface area (TPSA) is 50.3 Å². The molecule has 1 fully saturated rings. The Labute approximate surface area is 166 Å². The van der Waals surface area contributed by atoms with Gasteiger partial charge in [0.25, 0.3) is 0 Å². The predicted octanol–water partition coefficient (Wildman–Crippen LogP) is 4.45. The number of rotatable bonds is 6. The van der Waals surface area contributed by atoms with Gasteiger partial charge >= 0.3 is 0 Å². The molecule has 0 atom stereocenters. The number of anilines is 1. The summed E-state index contributed by atoms with van der Waals surface area (Å²) in [6.45, 7) is 6.68. The third kappa shape index (κ3) is 4.25. The van der Waals surface area contributed by atoms with Crippen molar-refractivity contribution in [3.05, 3.63) is 48.5 Å². The molecule has 28 heavy (non-hydrogen) atoms. The van der Waals surface area contributed by atoms with Crippen LogP contribution in [0.4, 0.5) is 5.82 Å². The zero-order chi connectivity index (χ0) is 19.3. The standard InChI is InChI=1S/C23H28N4O/c1-17-11-14-27(15-12-17)16-13-24-23-20-5-3-4-6-21(20)25-22(26-23)18-7-9-19(28-2)10-8-18/h3-10,17H,11-16H2,1-2H3,(H,24,25,26). The molecular weight excluding hydrogens is 348 g/mol. The van der Waals surface area contributed by atoms with Gasteiger partial charge in [-0.25, -0.2) is 9.97 Å². The fourth-order valence-electron chi connectivity index (χ4n) is 3.70. The smallest absolute Gasteiger partial charge is 0.162 e. The van der Waals surface area contributed by atoms with Crippen molar-refractivity contribution in [3.63, 3.8) is 0 Å². The van der Waals surface area contributed by atoms with Crippen LogP contribution in [0.2, 0.25) is 0 Å². The highest BCUT2D eigenvalue weighted by Crippen LogP contribution is 2.26. The van der Waals surface area contributed by atoms with Crippen LogP contribution in [0.3, 0.4) is 0 Å². The maximum atomic E-state index is 5.26. The van der Waals surface area contributed by atoms with E-state index >= 15 is 0 Å². The fourth-order valence-corrected chi connectivity index (χ4v) is 3.70. The molecule has 1 saturated heterocycles. The second-order valence-corrected chi connectivity index (χ2v) is 7.59. The normalized spacial score (nSPS) is 15.6. The van der Waals surface area contributed by atoms with Crippen molar-refractivity contribution in [1.82, 2.24) is 14.9 Å². The second-order valence-electron chi connectivity index (χ2n) is 7.59. The minimum atomic E-state index is 0.732. The van der Waals surface area contributed by atoms with Gasteiger partial charge in [0.05, 0.1) is 12.6 Å². The number of hydrogen-bond donors (Lipinski definition) is 1. The van der Waals surface area contributed by atoms with Gasteiger partial charge < -0.3 is 15.0 Å². The van der Waals surface area contributed by atoms with Crippen molar-refractivity contribution in [2.24, 2.45) is 5.92 Å². The van der Waals surface area contributed by atoms with Crippen LogP contribution in [0.25, 0.3) is 22.3 Å². The molecule has 5 heteroatoms. The Morgan fingerprint density at radius 2 is 1.79 bits per heavy atom. The van der Waals surface area contributed by atoms with Gasteiger partial charge in [0.2, 0.25) is 0 Å². The number of methoxy groups -OCH3 is 1. The SMILES string of the molecule is COc1ccc(-c2nc(NCCN3CCC(C)CC3)c3ccccc3n2)cc1. The first kappa shape index (κ1) is 18.7. The molecule has 0 amide bonds. The number of para-hydroxylation sites is 1. The Hall–Kier alpha value is -2.66. The number of benzene rings is 2. The third-order valence-corrected chi connectivity index (χ3v) is 5.55.